The Bertz CT molecular complexity index is 643. The molecule has 0 radical (unpaired) electrons. The lowest BCUT2D eigenvalue weighted by Gasteiger charge is -2.40. The number of nitrogens with one attached hydrogen (secondary N) is 1. The summed E-state index contributed by atoms with van der Waals surface area (Å²) in [5.41, 5.74) is 6.11. The molecule has 0 aliphatic heterocycles. The molecule has 2 unspecified atom stereocenters. The fourth-order valence-electron chi connectivity index (χ4n) is 3.53. The van der Waals surface area contributed by atoms with E-state index in [9.17, 15) is 0 Å². The highest BCUT2D eigenvalue weighted by atomic mass is 79.9. The van der Waals surface area contributed by atoms with Crippen LogP contribution in [-0.2, 0) is 0 Å². The van der Waals surface area contributed by atoms with Gasteiger partial charge in [0.1, 0.15) is 5.82 Å². The van der Waals surface area contributed by atoms with Crippen LogP contribution in [0.4, 0.5) is 5.82 Å². The van der Waals surface area contributed by atoms with E-state index in [0.29, 0.717) is 6.54 Å². The van der Waals surface area contributed by atoms with Crippen molar-refractivity contribution in [3.8, 4) is 0 Å². The van der Waals surface area contributed by atoms with Gasteiger partial charge in [-0.2, -0.15) is 0 Å². The second kappa shape index (κ2) is 5.93. The average Bonchev–Trinajstić information content (AvgIpc) is 2.48. The molecule has 3 rings (SSSR count). The first-order chi connectivity index (χ1) is 10.1. The smallest absolute Gasteiger partial charge is 0.134 e. The Morgan fingerprint density at radius 3 is 3.00 bits per heavy atom. The van der Waals surface area contributed by atoms with Gasteiger partial charge in [-0.3, -0.25) is 0 Å². The maximum Gasteiger partial charge on any atom is 0.134 e. The second-order valence-corrected chi connectivity index (χ2v) is 7.16. The Kier molecular flexibility index (Phi) is 4.18. The van der Waals surface area contributed by atoms with Gasteiger partial charge in [-0.15, -0.1) is 0 Å². The highest BCUT2D eigenvalue weighted by Crippen LogP contribution is 2.36. The molecule has 1 aromatic carbocycles. The average molecular weight is 348 g/mol. The van der Waals surface area contributed by atoms with Gasteiger partial charge in [-0.25, -0.2) is 4.98 Å². The number of pyridine rings is 1. The number of halogens is 1. The molecular formula is C17H22BrN3. The number of anilines is 1. The van der Waals surface area contributed by atoms with E-state index in [1.54, 1.807) is 0 Å². The molecule has 0 amide bonds. The van der Waals surface area contributed by atoms with Crippen LogP contribution in [0.25, 0.3) is 10.8 Å². The Labute approximate surface area is 134 Å². The highest BCUT2D eigenvalue weighted by Gasteiger charge is 2.34. The minimum absolute atomic E-state index is 0.0126. The van der Waals surface area contributed by atoms with Gasteiger partial charge < -0.3 is 11.1 Å². The number of aromatic nitrogens is 1. The first-order valence-electron chi connectivity index (χ1n) is 7.65. The first kappa shape index (κ1) is 14.8. The van der Waals surface area contributed by atoms with Gasteiger partial charge in [0.25, 0.3) is 0 Å². The fraction of sp³-hybridized carbons (Fsp3) is 0.471. The van der Waals surface area contributed by atoms with Crippen molar-refractivity contribution in [3.63, 3.8) is 0 Å². The van der Waals surface area contributed by atoms with E-state index >= 15 is 0 Å². The van der Waals surface area contributed by atoms with Crippen molar-refractivity contribution in [1.82, 2.24) is 4.98 Å². The van der Waals surface area contributed by atoms with Gasteiger partial charge in [0.05, 0.1) is 5.54 Å². The fourth-order valence-corrected chi connectivity index (χ4v) is 4.03. The molecule has 1 aromatic heterocycles. The molecule has 3 nitrogen and oxygen atoms in total. The molecular weight excluding hydrogens is 326 g/mol. The third-order valence-electron chi connectivity index (χ3n) is 4.62. The molecule has 0 saturated heterocycles. The molecule has 4 heteroatoms. The van der Waals surface area contributed by atoms with Crippen LogP contribution in [0, 0.1) is 5.92 Å². The van der Waals surface area contributed by atoms with Gasteiger partial charge in [0.15, 0.2) is 0 Å². The molecule has 2 aromatic rings. The molecule has 1 heterocycles. The summed E-state index contributed by atoms with van der Waals surface area (Å²) in [5, 5.41) is 6.02. The summed E-state index contributed by atoms with van der Waals surface area (Å²) < 4.78 is 1.10. The SMILES string of the molecule is CC1CCCC(CN)(Nc2nccc3c(Br)cccc23)C1. The van der Waals surface area contributed by atoms with Crippen LogP contribution in [-0.4, -0.2) is 17.1 Å². The predicted molar refractivity (Wildman–Crippen MR) is 92.5 cm³/mol. The number of fused-ring (bicyclic) bond motifs is 1. The van der Waals surface area contributed by atoms with E-state index in [1.165, 1.54) is 18.2 Å². The molecule has 1 aliphatic carbocycles. The number of nitrogens with zero attached hydrogens (tertiary/aromatic N) is 1. The lowest BCUT2D eigenvalue weighted by atomic mass is 9.76. The zero-order valence-electron chi connectivity index (χ0n) is 12.4. The van der Waals surface area contributed by atoms with Crippen LogP contribution in [0.2, 0.25) is 0 Å². The summed E-state index contributed by atoms with van der Waals surface area (Å²) in [5.74, 6) is 1.67. The molecule has 3 N–H and O–H groups in total. The van der Waals surface area contributed by atoms with Crippen molar-refractivity contribution in [1.29, 1.82) is 0 Å². The van der Waals surface area contributed by atoms with E-state index < -0.39 is 0 Å². The summed E-state index contributed by atoms with van der Waals surface area (Å²) in [6.45, 7) is 2.97. The van der Waals surface area contributed by atoms with Crippen molar-refractivity contribution < 1.29 is 0 Å². The lowest BCUT2D eigenvalue weighted by molar-refractivity contribution is 0.263. The van der Waals surface area contributed by atoms with Crippen LogP contribution >= 0.6 is 15.9 Å². The molecule has 112 valence electrons. The maximum absolute atomic E-state index is 6.12. The molecule has 21 heavy (non-hydrogen) atoms. The van der Waals surface area contributed by atoms with Gasteiger partial charge in [-0.05, 0) is 30.9 Å². The van der Waals surface area contributed by atoms with Crippen LogP contribution in [0.15, 0.2) is 34.9 Å². The standard InChI is InChI=1S/C17H22BrN3/c1-12-4-3-8-17(10-12,11-19)21-16-14-5-2-6-15(18)13(14)7-9-20-16/h2,5-7,9,12H,3-4,8,10-11,19H2,1H3,(H,20,21). The first-order valence-corrected chi connectivity index (χ1v) is 8.44. The topological polar surface area (TPSA) is 50.9 Å². The van der Waals surface area contributed by atoms with E-state index in [-0.39, 0.29) is 5.54 Å². The monoisotopic (exact) mass is 347 g/mol. The van der Waals surface area contributed by atoms with Crippen LogP contribution in [0.1, 0.15) is 32.6 Å². The van der Waals surface area contributed by atoms with Crippen LogP contribution in [0.3, 0.4) is 0 Å². The molecule has 1 fully saturated rings. The lowest BCUT2D eigenvalue weighted by Crippen LogP contribution is -2.48. The molecule has 0 bridgehead atoms. The number of benzene rings is 1. The summed E-state index contributed by atoms with van der Waals surface area (Å²) in [6, 6.07) is 8.28. The zero-order valence-corrected chi connectivity index (χ0v) is 14.0. The summed E-state index contributed by atoms with van der Waals surface area (Å²) in [6.07, 6.45) is 6.65. The van der Waals surface area contributed by atoms with Crippen molar-refractivity contribution in [2.75, 3.05) is 11.9 Å². The van der Waals surface area contributed by atoms with Crippen molar-refractivity contribution in [2.45, 2.75) is 38.1 Å². The third-order valence-corrected chi connectivity index (χ3v) is 5.31. The summed E-state index contributed by atoms with van der Waals surface area (Å²) >= 11 is 3.62. The van der Waals surface area contributed by atoms with Crippen molar-refractivity contribution in [2.24, 2.45) is 11.7 Å². The number of hydrogen-bond acceptors (Lipinski definition) is 3. The maximum atomic E-state index is 6.12. The normalized spacial score (nSPS) is 26.0. The Hall–Kier alpha value is -1.13. The minimum Gasteiger partial charge on any atom is -0.363 e. The van der Waals surface area contributed by atoms with E-state index in [1.807, 2.05) is 12.3 Å². The van der Waals surface area contributed by atoms with Crippen LogP contribution < -0.4 is 11.1 Å². The van der Waals surface area contributed by atoms with Gasteiger partial charge in [0.2, 0.25) is 0 Å². The minimum atomic E-state index is -0.0126. The van der Waals surface area contributed by atoms with Crippen molar-refractivity contribution >= 4 is 32.5 Å². The third kappa shape index (κ3) is 2.92. The number of nitrogens with two attached hydrogens (primary N) is 1. The van der Waals surface area contributed by atoms with E-state index in [0.717, 1.165) is 34.4 Å². The molecule has 1 aliphatic rings. The highest BCUT2D eigenvalue weighted by molar-refractivity contribution is 9.10. The molecule has 0 spiro atoms. The molecule has 1 saturated carbocycles. The second-order valence-electron chi connectivity index (χ2n) is 6.31. The quantitative estimate of drug-likeness (QED) is 0.869. The van der Waals surface area contributed by atoms with Crippen molar-refractivity contribution in [3.05, 3.63) is 34.9 Å². The van der Waals surface area contributed by atoms with E-state index in [2.05, 4.69) is 51.4 Å². The largest absolute Gasteiger partial charge is 0.363 e. The Morgan fingerprint density at radius 1 is 1.38 bits per heavy atom. The van der Waals surface area contributed by atoms with Crippen LogP contribution in [0.5, 0.6) is 0 Å². The predicted octanol–water partition coefficient (Wildman–Crippen LogP) is 4.32. The van der Waals surface area contributed by atoms with E-state index in [4.69, 9.17) is 5.73 Å². The van der Waals surface area contributed by atoms with Gasteiger partial charge in [0, 0.05) is 28.0 Å². The summed E-state index contributed by atoms with van der Waals surface area (Å²) in [7, 11) is 0. The Balaban J connectivity index is 1.99. The molecule has 2 atom stereocenters. The number of rotatable bonds is 3. The van der Waals surface area contributed by atoms with Gasteiger partial charge in [-0.1, -0.05) is 47.8 Å². The zero-order chi connectivity index (χ0) is 14.9. The number of hydrogen-bond donors (Lipinski definition) is 2. The Morgan fingerprint density at radius 2 is 2.24 bits per heavy atom. The summed E-state index contributed by atoms with van der Waals surface area (Å²) in [4.78, 5) is 4.57. The van der Waals surface area contributed by atoms with Gasteiger partial charge >= 0.3 is 0 Å².